The van der Waals surface area contributed by atoms with E-state index in [4.69, 9.17) is 0 Å². The van der Waals surface area contributed by atoms with Crippen LogP contribution < -0.4 is 0 Å². The van der Waals surface area contributed by atoms with E-state index in [2.05, 4.69) is 156 Å². The van der Waals surface area contributed by atoms with Crippen molar-refractivity contribution in [2.45, 2.75) is 5.41 Å². The van der Waals surface area contributed by atoms with Crippen LogP contribution in [-0.2, 0) is 5.41 Å². The first-order chi connectivity index (χ1) is 18.9. The SMILES string of the molecule is c1ccc(-n2c3ccccc3c3cc4c(cc32)-c2ccccc2C4(c2ccccc2)c2ccccc2)cc1. The van der Waals surface area contributed by atoms with Crippen molar-refractivity contribution in [1.82, 2.24) is 4.57 Å². The van der Waals surface area contributed by atoms with E-state index in [1.165, 1.54) is 60.9 Å². The van der Waals surface area contributed by atoms with E-state index in [0.29, 0.717) is 0 Å². The first-order valence-corrected chi connectivity index (χ1v) is 13.2. The molecule has 7 aromatic rings. The van der Waals surface area contributed by atoms with E-state index >= 15 is 0 Å². The average Bonchev–Trinajstić information content (AvgIpc) is 3.48. The second-order valence-electron chi connectivity index (χ2n) is 10.1. The van der Waals surface area contributed by atoms with Crippen LogP contribution in [0, 0.1) is 0 Å². The predicted molar refractivity (Wildman–Crippen MR) is 158 cm³/mol. The maximum atomic E-state index is 2.48. The van der Waals surface area contributed by atoms with Crippen molar-refractivity contribution < 1.29 is 0 Å². The number of hydrogen-bond acceptors (Lipinski definition) is 0. The van der Waals surface area contributed by atoms with Gasteiger partial charge >= 0.3 is 0 Å². The molecule has 1 heteroatoms. The van der Waals surface area contributed by atoms with E-state index in [9.17, 15) is 0 Å². The Bertz CT molecular complexity index is 1910. The van der Waals surface area contributed by atoms with Gasteiger partial charge < -0.3 is 4.57 Å². The largest absolute Gasteiger partial charge is 0.309 e. The zero-order chi connectivity index (χ0) is 25.1. The van der Waals surface area contributed by atoms with Crippen molar-refractivity contribution in [3.63, 3.8) is 0 Å². The predicted octanol–water partition coefficient (Wildman–Crippen LogP) is 9.15. The molecule has 1 aromatic heterocycles. The lowest BCUT2D eigenvalue weighted by Gasteiger charge is -2.33. The van der Waals surface area contributed by atoms with Crippen LogP contribution in [0.25, 0.3) is 38.6 Å². The molecule has 1 aliphatic rings. The molecule has 0 N–H and O–H groups in total. The van der Waals surface area contributed by atoms with Gasteiger partial charge in [-0.3, -0.25) is 0 Å². The summed E-state index contributed by atoms with van der Waals surface area (Å²) in [4.78, 5) is 0. The van der Waals surface area contributed by atoms with Gasteiger partial charge in [0.2, 0.25) is 0 Å². The van der Waals surface area contributed by atoms with Gasteiger partial charge in [-0.05, 0) is 63.7 Å². The maximum Gasteiger partial charge on any atom is 0.0713 e. The van der Waals surface area contributed by atoms with Gasteiger partial charge in [-0.15, -0.1) is 0 Å². The maximum absolute atomic E-state index is 2.48. The first kappa shape index (κ1) is 21.2. The third-order valence-corrected chi connectivity index (χ3v) is 8.27. The zero-order valence-electron chi connectivity index (χ0n) is 20.9. The average molecular weight is 484 g/mol. The lowest BCUT2D eigenvalue weighted by atomic mass is 9.67. The van der Waals surface area contributed by atoms with Crippen molar-refractivity contribution in [3.8, 4) is 16.8 Å². The molecule has 1 aliphatic carbocycles. The third kappa shape index (κ3) is 2.76. The molecule has 0 unspecified atom stereocenters. The highest BCUT2D eigenvalue weighted by Crippen LogP contribution is 2.57. The molecular formula is C37H25N. The molecule has 178 valence electrons. The summed E-state index contributed by atoms with van der Waals surface area (Å²) in [6.45, 7) is 0. The normalized spacial score (nSPS) is 13.5. The number of benzene rings is 6. The van der Waals surface area contributed by atoms with Gasteiger partial charge in [-0.2, -0.15) is 0 Å². The molecule has 0 atom stereocenters. The minimum atomic E-state index is -0.390. The molecule has 0 bridgehead atoms. The Morgan fingerprint density at radius 3 is 1.68 bits per heavy atom. The van der Waals surface area contributed by atoms with E-state index in [-0.39, 0.29) is 0 Å². The van der Waals surface area contributed by atoms with Crippen LogP contribution in [0.1, 0.15) is 22.3 Å². The Morgan fingerprint density at radius 2 is 0.974 bits per heavy atom. The molecule has 1 heterocycles. The van der Waals surface area contributed by atoms with E-state index in [1.807, 2.05) is 0 Å². The van der Waals surface area contributed by atoms with E-state index in [1.54, 1.807) is 0 Å². The van der Waals surface area contributed by atoms with Crippen LogP contribution in [-0.4, -0.2) is 4.57 Å². The first-order valence-electron chi connectivity index (χ1n) is 13.2. The number of rotatable bonds is 3. The molecule has 0 amide bonds. The standard InChI is InChI=1S/C37H25N/c1-4-14-26(15-5-1)37(27-16-6-2-7-17-27)33-22-12-10-20-29(33)31-25-36-32(24-34(31)37)30-21-11-13-23-35(30)38(36)28-18-8-3-9-19-28/h1-25H. The lowest BCUT2D eigenvalue weighted by molar-refractivity contribution is 0.769. The Labute approximate surface area is 222 Å². The lowest BCUT2D eigenvalue weighted by Crippen LogP contribution is -2.28. The van der Waals surface area contributed by atoms with Crippen molar-refractivity contribution >= 4 is 21.8 Å². The number of aromatic nitrogens is 1. The van der Waals surface area contributed by atoms with Crippen LogP contribution in [0.3, 0.4) is 0 Å². The fourth-order valence-electron chi connectivity index (χ4n) is 6.76. The van der Waals surface area contributed by atoms with Crippen molar-refractivity contribution in [1.29, 1.82) is 0 Å². The summed E-state index contributed by atoms with van der Waals surface area (Å²) >= 11 is 0. The molecule has 0 radical (unpaired) electrons. The van der Waals surface area contributed by atoms with E-state index in [0.717, 1.165) is 0 Å². The summed E-state index contributed by atoms with van der Waals surface area (Å²) < 4.78 is 2.42. The minimum Gasteiger partial charge on any atom is -0.309 e. The highest BCUT2D eigenvalue weighted by molar-refractivity contribution is 6.11. The smallest absolute Gasteiger partial charge is 0.0713 e. The molecule has 8 rings (SSSR count). The minimum absolute atomic E-state index is 0.390. The quantitative estimate of drug-likeness (QED) is 0.236. The summed E-state index contributed by atoms with van der Waals surface area (Å²) in [7, 11) is 0. The highest BCUT2D eigenvalue weighted by Gasteiger charge is 2.46. The second-order valence-corrected chi connectivity index (χ2v) is 10.1. The summed E-state index contributed by atoms with van der Waals surface area (Å²) in [5.41, 5.74) is 11.2. The van der Waals surface area contributed by atoms with Gasteiger partial charge in [0.15, 0.2) is 0 Å². The zero-order valence-corrected chi connectivity index (χ0v) is 20.9. The molecule has 1 nitrogen and oxygen atoms in total. The Hall–Kier alpha value is -4.88. The summed E-state index contributed by atoms with van der Waals surface area (Å²) in [6, 6.07) is 55.4. The molecule has 0 saturated heterocycles. The Kier molecular flexibility index (Phi) is 4.50. The van der Waals surface area contributed by atoms with Crippen molar-refractivity contribution in [2.24, 2.45) is 0 Å². The number of para-hydroxylation sites is 2. The third-order valence-electron chi connectivity index (χ3n) is 8.27. The second kappa shape index (κ2) is 8.06. The number of hydrogen-bond donors (Lipinski definition) is 0. The Morgan fingerprint density at radius 1 is 0.395 bits per heavy atom. The van der Waals surface area contributed by atoms with Gasteiger partial charge in [0.1, 0.15) is 0 Å². The van der Waals surface area contributed by atoms with Crippen LogP contribution in [0.2, 0.25) is 0 Å². The molecule has 38 heavy (non-hydrogen) atoms. The van der Waals surface area contributed by atoms with E-state index < -0.39 is 5.41 Å². The van der Waals surface area contributed by atoms with Crippen LogP contribution in [0.15, 0.2) is 152 Å². The number of fused-ring (bicyclic) bond motifs is 6. The topological polar surface area (TPSA) is 4.93 Å². The molecule has 0 spiro atoms. The van der Waals surface area contributed by atoms with Gasteiger partial charge in [0.05, 0.1) is 16.4 Å². The van der Waals surface area contributed by atoms with Gasteiger partial charge in [-0.25, -0.2) is 0 Å². The fraction of sp³-hybridized carbons (Fsp3) is 0.0270. The van der Waals surface area contributed by atoms with Crippen LogP contribution >= 0.6 is 0 Å². The fourth-order valence-corrected chi connectivity index (χ4v) is 6.76. The van der Waals surface area contributed by atoms with Gasteiger partial charge in [0, 0.05) is 16.5 Å². The van der Waals surface area contributed by atoms with Gasteiger partial charge in [-0.1, -0.05) is 121 Å². The van der Waals surface area contributed by atoms with Crippen molar-refractivity contribution in [2.75, 3.05) is 0 Å². The van der Waals surface area contributed by atoms with Crippen LogP contribution in [0.4, 0.5) is 0 Å². The molecule has 0 aliphatic heterocycles. The molecule has 6 aromatic carbocycles. The van der Waals surface area contributed by atoms with Crippen molar-refractivity contribution in [3.05, 3.63) is 174 Å². The summed E-state index contributed by atoms with van der Waals surface area (Å²) in [5.74, 6) is 0. The Balaban J connectivity index is 1.57. The van der Waals surface area contributed by atoms with Crippen LogP contribution in [0.5, 0.6) is 0 Å². The number of nitrogens with zero attached hydrogens (tertiary/aromatic N) is 1. The molecule has 0 saturated carbocycles. The van der Waals surface area contributed by atoms with Gasteiger partial charge in [0.25, 0.3) is 0 Å². The summed E-state index contributed by atoms with van der Waals surface area (Å²) in [6.07, 6.45) is 0. The highest BCUT2D eigenvalue weighted by atomic mass is 15.0. The monoisotopic (exact) mass is 483 g/mol. The molecular weight excluding hydrogens is 458 g/mol. The summed E-state index contributed by atoms with van der Waals surface area (Å²) in [5, 5.41) is 2.56. The molecule has 0 fully saturated rings.